The van der Waals surface area contributed by atoms with Crippen molar-refractivity contribution in [2.45, 2.75) is 26.9 Å². The monoisotopic (exact) mass is 311 g/mol. The highest BCUT2D eigenvalue weighted by atomic mass is 16.2. The van der Waals surface area contributed by atoms with Crippen molar-refractivity contribution in [3.8, 4) is 0 Å². The topological polar surface area (TPSA) is 36.4 Å². The molecule has 0 aliphatic heterocycles. The molecule has 4 heteroatoms. The SMILES string of the molecule is CCN(Cc1ccc(CN(C)C)cc1)C(=O)c1ccc(C)nc1. The maximum Gasteiger partial charge on any atom is 0.255 e. The van der Waals surface area contributed by atoms with E-state index in [1.165, 1.54) is 5.56 Å². The molecule has 0 radical (unpaired) electrons. The third-order valence-electron chi connectivity index (χ3n) is 3.72. The summed E-state index contributed by atoms with van der Waals surface area (Å²) in [5.41, 5.74) is 3.97. The zero-order valence-electron chi connectivity index (χ0n) is 14.4. The summed E-state index contributed by atoms with van der Waals surface area (Å²) in [6.45, 7) is 6.13. The first-order chi connectivity index (χ1) is 11.0. The van der Waals surface area contributed by atoms with Crippen LogP contribution in [0.2, 0.25) is 0 Å². The first kappa shape index (κ1) is 17.2. The smallest absolute Gasteiger partial charge is 0.255 e. The van der Waals surface area contributed by atoms with Crippen molar-refractivity contribution in [1.82, 2.24) is 14.8 Å². The van der Waals surface area contributed by atoms with Crippen LogP contribution in [0.15, 0.2) is 42.6 Å². The summed E-state index contributed by atoms with van der Waals surface area (Å²) in [7, 11) is 4.11. The van der Waals surface area contributed by atoms with E-state index in [0.717, 1.165) is 17.8 Å². The lowest BCUT2D eigenvalue weighted by Crippen LogP contribution is -2.30. The van der Waals surface area contributed by atoms with Gasteiger partial charge in [0, 0.05) is 31.5 Å². The lowest BCUT2D eigenvalue weighted by Gasteiger charge is -2.21. The molecule has 122 valence electrons. The first-order valence-electron chi connectivity index (χ1n) is 7.94. The molecular weight excluding hydrogens is 286 g/mol. The van der Waals surface area contributed by atoms with Crippen molar-refractivity contribution in [2.24, 2.45) is 0 Å². The van der Waals surface area contributed by atoms with E-state index in [4.69, 9.17) is 0 Å². The number of pyridine rings is 1. The van der Waals surface area contributed by atoms with Gasteiger partial charge in [0.2, 0.25) is 0 Å². The van der Waals surface area contributed by atoms with Crippen LogP contribution in [0.4, 0.5) is 0 Å². The standard InChI is InChI=1S/C19H25N3O/c1-5-22(19(23)18-11-6-15(2)20-12-18)14-17-9-7-16(8-10-17)13-21(3)4/h6-12H,5,13-14H2,1-4H3. The fourth-order valence-electron chi connectivity index (χ4n) is 2.44. The number of hydrogen-bond donors (Lipinski definition) is 0. The van der Waals surface area contributed by atoms with E-state index in [0.29, 0.717) is 18.7 Å². The molecule has 0 fully saturated rings. The van der Waals surface area contributed by atoms with E-state index in [1.54, 1.807) is 6.20 Å². The van der Waals surface area contributed by atoms with Gasteiger partial charge in [0.05, 0.1) is 5.56 Å². The number of amides is 1. The van der Waals surface area contributed by atoms with Gasteiger partial charge in [0.15, 0.2) is 0 Å². The zero-order valence-corrected chi connectivity index (χ0v) is 14.4. The van der Waals surface area contributed by atoms with Crippen molar-refractivity contribution in [2.75, 3.05) is 20.6 Å². The van der Waals surface area contributed by atoms with Gasteiger partial charge in [-0.25, -0.2) is 0 Å². The van der Waals surface area contributed by atoms with E-state index >= 15 is 0 Å². The van der Waals surface area contributed by atoms with Crippen LogP contribution >= 0.6 is 0 Å². The van der Waals surface area contributed by atoms with Crippen molar-refractivity contribution in [1.29, 1.82) is 0 Å². The molecule has 0 aliphatic rings. The molecule has 0 atom stereocenters. The minimum Gasteiger partial charge on any atom is -0.335 e. The number of aryl methyl sites for hydroxylation is 1. The zero-order chi connectivity index (χ0) is 16.8. The summed E-state index contributed by atoms with van der Waals surface area (Å²) in [4.78, 5) is 20.8. The number of nitrogens with zero attached hydrogens (tertiary/aromatic N) is 3. The van der Waals surface area contributed by atoms with Crippen molar-refractivity contribution < 1.29 is 4.79 Å². The summed E-state index contributed by atoms with van der Waals surface area (Å²) >= 11 is 0. The van der Waals surface area contributed by atoms with Gasteiger partial charge in [-0.05, 0) is 51.2 Å². The number of aromatic nitrogens is 1. The average molecular weight is 311 g/mol. The Morgan fingerprint density at radius 3 is 2.09 bits per heavy atom. The van der Waals surface area contributed by atoms with Crippen LogP contribution in [0, 0.1) is 6.92 Å². The fourth-order valence-corrected chi connectivity index (χ4v) is 2.44. The van der Waals surface area contributed by atoms with Crippen LogP contribution in [-0.2, 0) is 13.1 Å². The van der Waals surface area contributed by atoms with Gasteiger partial charge in [0.25, 0.3) is 5.91 Å². The highest BCUT2D eigenvalue weighted by molar-refractivity contribution is 5.93. The maximum atomic E-state index is 12.6. The van der Waals surface area contributed by atoms with Gasteiger partial charge >= 0.3 is 0 Å². The van der Waals surface area contributed by atoms with E-state index in [1.807, 2.05) is 30.9 Å². The number of carbonyl (C=O) groups is 1. The maximum absolute atomic E-state index is 12.6. The molecule has 2 aromatic rings. The number of rotatable bonds is 6. The predicted octanol–water partition coefficient (Wildman–Crippen LogP) is 3.11. The van der Waals surface area contributed by atoms with Crippen LogP contribution in [-0.4, -0.2) is 41.3 Å². The van der Waals surface area contributed by atoms with Crippen LogP contribution in [0.3, 0.4) is 0 Å². The second-order valence-electron chi connectivity index (χ2n) is 6.06. The molecule has 0 saturated heterocycles. The molecule has 0 unspecified atom stereocenters. The van der Waals surface area contributed by atoms with E-state index < -0.39 is 0 Å². The predicted molar refractivity (Wildman–Crippen MR) is 93.2 cm³/mol. The molecular formula is C19H25N3O. The summed E-state index contributed by atoms with van der Waals surface area (Å²) < 4.78 is 0. The van der Waals surface area contributed by atoms with Crippen molar-refractivity contribution in [3.63, 3.8) is 0 Å². The minimum atomic E-state index is 0.0253. The molecule has 0 saturated carbocycles. The second kappa shape index (κ2) is 7.88. The van der Waals surface area contributed by atoms with E-state index in [2.05, 4.69) is 48.2 Å². The average Bonchev–Trinajstić information content (AvgIpc) is 2.53. The largest absolute Gasteiger partial charge is 0.335 e. The number of benzene rings is 1. The third-order valence-corrected chi connectivity index (χ3v) is 3.72. The normalized spacial score (nSPS) is 10.8. The van der Waals surface area contributed by atoms with Gasteiger partial charge in [-0.15, -0.1) is 0 Å². The van der Waals surface area contributed by atoms with Crippen LogP contribution in [0.1, 0.15) is 34.1 Å². The fraction of sp³-hybridized carbons (Fsp3) is 0.368. The molecule has 0 bridgehead atoms. The molecule has 2 rings (SSSR count). The number of carbonyl (C=O) groups excluding carboxylic acids is 1. The molecule has 0 N–H and O–H groups in total. The molecule has 4 nitrogen and oxygen atoms in total. The van der Waals surface area contributed by atoms with Crippen molar-refractivity contribution in [3.05, 3.63) is 65.0 Å². The highest BCUT2D eigenvalue weighted by Crippen LogP contribution is 2.12. The lowest BCUT2D eigenvalue weighted by atomic mass is 10.1. The molecule has 1 heterocycles. The van der Waals surface area contributed by atoms with Crippen LogP contribution in [0.25, 0.3) is 0 Å². The van der Waals surface area contributed by atoms with Crippen LogP contribution in [0.5, 0.6) is 0 Å². The quantitative estimate of drug-likeness (QED) is 0.822. The highest BCUT2D eigenvalue weighted by Gasteiger charge is 2.14. The summed E-state index contributed by atoms with van der Waals surface area (Å²) in [6, 6.07) is 12.2. The Morgan fingerprint density at radius 2 is 1.61 bits per heavy atom. The Hall–Kier alpha value is -2.20. The number of hydrogen-bond acceptors (Lipinski definition) is 3. The van der Waals surface area contributed by atoms with Gasteiger partial charge in [-0.3, -0.25) is 9.78 Å². The second-order valence-corrected chi connectivity index (χ2v) is 6.06. The molecule has 0 aliphatic carbocycles. The molecule has 0 spiro atoms. The Labute approximate surface area is 138 Å². The van der Waals surface area contributed by atoms with E-state index in [9.17, 15) is 4.79 Å². The van der Waals surface area contributed by atoms with E-state index in [-0.39, 0.29) is 5.91 Å². The van der Waals surface area contributed by atoms with Gasteiger partial charge in [-0.1, -0.05) is 24.3 Å². The Kier molecular flexibility index (Phi) is 5.88. The van der Waals surface area contributed by atoms with Crippen molar-refractivity contribution >= 4 is 5.91 Å². The minimum absolute atomic E-state index is 0.0253. The summed E-state index contributed by atoms with van der Waals surface area (Å²) in [5, 5.41) is 0. The van der Waals surface area contributed by atoms with Crippen LogP contribution < -0.4 is 0 Å². The molecule has 23 heavy (non-hydrogen) atoms. The van der Waals surface area contributed by atoms with Gasteiger partial charge in [-0.2, -0.15) is 0 Å². The lowest BCUT2D eigenvalue weighted by molar-refractivity contribution is 0.0752. The van der Waals surface area contributed by atoms with Gasteiger partial charge < -0.3 is 9.80 Å². The van der Waals surface area contributed by atoms with Gasteiger partial charge in [0.1, 0.15) is 0 Å². The summed E-state index contributed by atoms with van der Waals surface area (Å²) in [6.07, 6.45) is 1.65. The first-order valence-corrected chi connectivity index (χ1v) is 7.94. The molecule has 1 amide bonds. The molecule has 1 aromatic carbocycles. The Bertz CT molecular complexity index is 633. The third kappa shape index (κ3) is 4.89. The Balaban J connectivity index is 2.06. The Morgan fingerprint density at radius 1 is 1.00 bits per heavy atom. The summed E-state index contributed by atoms with van der Waals surface area (Å²) in [5.74, 6) is 0.0253. The molecule has 1 aromatic heterocycles.